The van der Waals surface area contributed by atoms with Crippen molar-refractivity contribution in [1.82, 2.24) is 5.32 Å². The van der Waals surface area contributed by atoms with Crippen LogP contribution in [0, 0.1) is 0 Å². The molecule has 0 atom stereocenters. The van der Waals surface area contributed by atoms with Crippen molar-refractivity contribution in [1.29, 1.82) is 0 Å². The summed E-state index contributed by atoms with van der Waals surface area (Å²) in [6, 6.07) is 16.9. The predicted octanol–water partition coefficient (Wildman–Crippen LogP) is 3.77. The normalized spacial score (nSPS) is 9.95. The average molecular weight is 276 g/mol. The fourth-order valence-corrected chi connectivity index (χ4v) is 1.79. The van der Waals surface area contributed by atoms with Crippen LogP contribution in [0.3, 0.4) is 0 Å². The average Bonchev–Trinajstić information content (AvgIpc) is 2.45. The van der Waals surface area contributed by atoms with E-state index in [1.54, 1.807) is 6.07 Å². The van der Waals surface area contributed by atoms with Crippen molar-refractivity contribution in [2.75, 3.05) is 0 Å². The molecule has 4 heteroatoms. The van der Waals surface area contributed by atoms with Crippen LogP contribution in [0.1, 0.15) is 11.1 Å². The van der Waals surface area contributed by atoms with Gasteiger partial charge in [-0.15, -0.1) is 0 Å². The minimum atomic E-state index is -0.455. The van der Waals surface area contributed by atoms with Crippen LogP contribution >= 0.6 is 11.6 Å². The fourth-order valence-electron chi connectivity index (χ4n) is 1.58. The Kier molecular flexibility index (Phi) is 4.81. The molecule has 1 amide bonds. The highest BCUT2D eigenvalue weighted by molar-refractivity contribution is 6.31. The highest BCUT2D eigenvalue weighted by Crippen LogP contribution is 2.14. The molecule has 0 unspecified atom stereocenters. The Hall–Kier alpha value is -2.00. The second-order valence-electron chi connectivity index (χ2n) is 4.01. The maximum absolute atomic E-state index is 11.5. The maximum atomic E-state index is 11.5. The van der Waals surface area contributed by atoms with Crippen LogP contribution in [0.2, 0.25) is 5.02 Å². The van der Waals surface area contributed by atoms with Crippen molar-refractivity contribution in [3.63, 3.8) is 0 Å². The topological polar surface area (TPSA) is 38.3 Å². The van der Waals surface area contributed by atoms with E-state index in [1.165, 1.54) is 0 Å². The number of carbonyl (C=O) groups excluding carboxylic acids is 1. The molecule has 1 N–H and O–H groups in total. The number of amides is 1. The first-order valence-corrected chi connectivity index (χ1v) is 6.31. The highest BCUT2D eigenvalue weighted by Gasteiger charge is 2.04. The summed E-state index contributed by atoms with van der Waals surface area (Å²) in [6.07, 6.45) is -0.455. The summed E-state index contributed by atoms with van der Waals surface area (Å²) < 4.78 is 5.10. The van der Waals surface area contributed by atoms with Crippen LogP contribution in [-0.4, -0.2) is 6.09 Å². The lowest BCUT2D eigenvalue weighted by Gasteiger charge is -2.08. The van der Waals surface area contributed by atoms with Gasteiger partial charge in [0.2, 0.25) is 0 Å². The van der Waals surface area contributed by atoms with E-state index in [-0.39, 0.29) is 6.61 Å². The van der Waals surface area contributed by atoms with E-state index in [1.807, 2.05) is 48.5 Å². The number of ether oxygens (including phenoxy) is 1. The number of rotatable bonds is 4. The van der Waals surface area contributed by atoms with Gasteiger partial charge in [0.1, 0.15) is 6.61 Å². The van der Waals surface area contributed by atoms with Gasteiger partial charge in [-0.1, -0.05) is 60.1 Å². The van der Waals surface area contributed by atoms with Gasteiger partial charge in [0.05, 0.1) is 0 Å². The molecular formula is C15H14ClNO2. The van der Waals surface area contributed by atoms with E-state index >= 15 is 0 Å². The molecule has 0 radical (unpaired) electrons. The zero-order chi connectivity index (χ0) is 13.5. The predicted molar refractivity (Wildman–Crippen MR) is 74.9 cm³/mol. The van der Waals surface area contributed by atoms with Crippen LogP contribution in [0.15, 0.2) is 54.6 Å². The summed E-state index contributed by atoms with van der Waals surface area (Å²) in [6.45, 7) is 0.614. The third kappa shape index (κ3) is 4.30. The molecule has 3 nitrogen and oxygen atoms in total. The Balaban J connectivity index is 1.78. The third-order valence-corrected chi connectivity index (χ3v) is 2.96. The molecule has 0 heterocycles. The Morgan fingerprint density at radius 1 is 1.05 bits per heavy atom. The Morgan fingerprint density at radius 2 is 1.74 bits per heavy atom. The molecule has 0 spiro atoms. The molecule has 0 aromatic heterocycles. The summed E-state index contributed by atoms with van der Waals surface area (Å²) in [7, 11) is 0. The van der Waals surface area contributed by atoms with Crippen molar-refractivity contribution in [2.45, 2.75) is 13.2 Å². The molecule has 2 aromatic rings. The SMILES string of the molecule is O=C(NCc1ccccc1Cl)OCc1ccccc1. The van der Waals surface area contributed by atoms with Crippen molar-refractivity contribution in [3.05, 3.63) is 70.7 Å². The van der Waals surface area contributed by atoms with Gasteiger partial charge in [0, 0.05) is 11.6 Å². The number of benzene rings is 2. The van der Waals surface area contributed by atoms with E-state index in [0.717, 1.165) is 11.1 Å². The van der Waals surface area contributed by atoms with Crippen molar-refractivity contribution < 1.29 is 9.53 Å². The molecule has 0 saturated carbocycles. The minimum Gasteiger partial charge on any atom is -0.445 e. The van der Waals surface area contributed by atoms with E-state index < -0.39 is 6.09 Å². The van der Waals surface area contributed by atoms with Crippen molar-refractivity contribution >= 4 is 17.7 Å². The lowest BCUT2D eigenvalue weighted by molar-refractivity contribution is 0.139. The lowest BCUT2D eigenvalue weighted by atomic mass is 10.2. The molecule has 0 aliphatic rings. The molecule has 19 heavy (non-hydrogen) atoms. The van der Waals surface area contributed by atoms with Crippen LogP contribution in [0.4, 0.5) is 4.79 Å². The summed E-state index contributed by atoms with van der Waals surface area (Å²) in [4.78, 5) is 11.5. The molecule has 0 aliphatic carbocycles. The standard InChI is InChI=1S/C15H14ClNO2/c16-14-9-5-4-8-13(14)10-17-15(18)19-11-12-6-2-1-3-7-12/h1-9H,10-11H2,(H,17,18). The van der Waals surface area contributed by atoms with Crippen molar-refractivity contribution in [2.24, 2.45) is 0 Å². The van der Waals surface area contributed by atoms with Gasteiger partial charge in [-0.3, -0.25) is 0 Å². The number of carbonyl (C=O) groups is 1. The van der Waals surface area contributed by atoms with Crippen LogP contribution in [0.5, 0.6) is 0 Å². The fraction of sp³-hybridized carbons (Fsp3) is 0.133. The van der Waals surface area contributed by atoms with Crippen LogP contribution in [0.25, 0.3) is 0 Å². The number of hydrogen-bond donors (Lipinski definition) is 1. The first-order chi connectivity index (χ1) is 9.25. The lowest BCUT2D eigenvalue weighted by Crippen LogP contribution is -2.23. The first kappa shape index (κ1) is 13.4. The van der Waals surface area contributed by atoms with Crippen LogP contribution in [-0.2, 0) is 17.9 Å². The van der Waals surface area contributed by atoms with Gasteiger partial charge < -0.3 is 10.1 Å². The molecule has 0 fully saturated rings. The molecule has 2 aromatic carbocycles. The van der Waals surface area contributed by atoms with E-state index in [9.17, 15) is 4.79 Å². The molecule has 0 bridgehead atoms. The number of nitrogens with one attached hydrogen (secondary N) is 1. The molecule has 98 valence electrons. The monoisotopic (exact) mass is 275 g/mol. The highest BCUT2D eigenvalue weighted by atomic mass is 35.5. The van der Waals surface area contributed by atoms with Gasteiger partial charge >= 0.3 is 6.09 Å². The zero-order valence-electron chi connectivity index (χ0n) is 10.3. The summed E-state index contributed by atoms with van der Waals surface area (Å²) in [5, 5.41) is 3.29. The van der Waals surface area contributed by atoms with Gasteiger partial charge in [0.15, 0.2) is 0 Å². The maximum Gasteiger partial charge on any atom is 0.407 e. The van der Waals surface area contributed by atoms with E-state index in [4.69, 9.17) is 16.3 Å². The van der Waals surface area contributed by atoms with Gasteiger partial charge in [-0.25, -0.2) is 4.79 Å². The number of halogens is 1. The first-order valence-electron chi connectivity index (χ1n) is 5.93. The molecule has 0 saturated heterocycles. The zero-order valence-corrected chi connectivity index (χ0v) is 11.1. The minimum absolute atomic E-state index is 0.259. The summed E-state index contributed by atoms with van der Waals surface area (Å²) in [5.41, 5.74) is 1.82. The molecule has 2 rings (SSSR count). The second-order valence-corrected chi connectivity index (χ2v) is 4.41. The largest absolute Gasteiger partial charge is 0.445 e. The summed E-state index contributed by atoms with van der Waals surface area (Å²) in [5.74, 6) is 0. The number of hydrogen-bond acceptors (Lipinski definition) is 2. The van der Waals surface area contributed by atoms with Crippen molar-refractivity contribution in [3.8, 4) is 0 Å². The van der Waals surface area contributed by atoms with Crippen LogP contribution < -0.4 is 5.32 Å². The second kappa shape index (κ2) is 6.81. The van der Waals surface area contributed by atoms with E-state index in [0.29, 0.717) is 11.6 Å². The molecular weight excluding hydrogens is 262 g/mol. The Morgan fingerprint density at radius 3 is 2.47 bits per heavy atom. The number of alkyl carbamates (subject to hydrolysis) is 1. The third-order valence-electron chi connectivity index (χ3n) is 2.59. The smallest absolute Gasteiger partial charge is 0.407 e. The Bertz CT molecular complexity index is 543. The Labute approximate surface area is 117 Å². The van der Waals surface area contributed by atoms with Gasteiger partial charge in [-0.05, 0) is 17.2 Å². The summed E-state index contributed by atoms with van der Waals surface area (Å²) >= 11 is 5.99. The quantitative estimate of drug-likeness (QED) is 0.922. The van der Waals surface area contributed by atoms with Gasteiger partial charge in [0.25, 0.3) is 0 Å². The molecule has 0 aliphatic heterocycles. The van der Waals surface area contributed by atoms with E-state index in [2.05, 4.69) is 5.32 Å². The van der Waals surface area contributed by atoms with Gasteiger partial charge in [-0.2, -0.15) is 0 Å².